The molecule has 1 aromatic heterocycles. The highest BCUT2D eigenvalue weighted by atomic mass is 16.3. The number of nitrogens with one attached hydrogen (secondary N) is 2. The first kappa shape index (κ1) is 9.26. The molecular weight excluding hydrogens is 186 g/mol. The second-order valence-electron chi connectivity index (χ2n) is 4.32. The summed E-state index contributed by atoms with van der Waals surface area (Å²) in [5.74, 6) is 0. The van der Waals surface area contributed by atoms with Crippen LogP contribution in [0.4, 0.5) is 0 Å². The van der Waals surface area contributed by atoms with E-state index in [0.717, 1.165) is 4.57 Å². The molecule has 0 radical (unpaired) electrons. The Morgan fingerprint density at radius 3 is 2.21 bits per heavy atom. The molecule has 0 bridgehead atoms. The zero-order chi connectivity index (χ0) is 10.5. The van der Waals surface area contributed by atoms with Crippen molar-refractivity contribution >= 4 is 0 Å². The van der Waals surface area contributed by atoms with E-state index in [1.165, 1.54) is 0 Å². The first-order chi connectivity index (χ1) is 6.44. The lowest BCUT2D eigenvalue weighted by Crippen LogP contribution is -2.54. The third-order valence-corrected chi connectivity index (χ3v) is 3.19. The van der Waals surface area contributed by atoms with Crippen molar-refractivity contribution < 1.29 is 5.11 Å². The van der Waals surface area contributed by atoms with Crippen LogP contribution in [0, 0.1) is 5.41 Å². The van der Waals surface area contributed by atoms with Crippen molar-refractivity contribution in [3.05, 3.63) is 21.0 Å². The molecule has 3 N–H and O–H groups in total. The van der Waals surface area contributed by atoms with Gasteiger partial charge >= 0.3 is 11.4 Å². The fourth-order valence-corrected chi connectivity index (χ4v) is 1.92. The maximum Gasteiger partial charge on any atom is 0.344 e. The van der Waals surface area contributed by atoms with Crippen LogP contribution in [0.15, 0.2) is 9.59 Å². The summed E-state index contributed by atoms with van der Waals surface area (Å²) in [6.07, 6.45) is 0.00194. The van der Waals surface area contributed by atoms with Crippen LogP contribution in [0.1, 0.15) is 26.3 Å². The number of hydrogen-bond donors (Lipinski definition) is 3. The summed E-state index contributed by atoms with van der Waals surface area (Å²) in [4.78, 5) is 22.5. The van der Waals surface area contributed by atoms with Gasteiger partial charge in [-0.05, 0) is 6.42 Å². The Morgan fingerprint density at radius 1 is 1.36 bits per heavy atom. The standard InChI is InChI=1S/C8H13N3O3/c1-8(2)4(3-5(8)12)11-6(13)9-10-7(11)14/h4-5,12H,3H2,1-2H3,(H,9,13)(H,10,14). The van der Waals surface area contributed by atoms with Gasteiger partial charge in [0.2, 0.25) is 0 Å². The van der Waals surface area contributed by atoms with Crippen molar-refractivity contribution in [3.63, 3.8) is 0 Å². The predicted octanol–water partition coefficient (Wildman–Crippen LogP) is -0.803. The summed E-state index contributed by atoms with van der Waals surface area (Å²) in [5.41, 5.74) is -1.31. The Kier molecular flexibility index (Phi) is 1.72. The van der Waals surface area contributed by atoms with Crippen molar-refractivity contribution in [2.24, 2.45) is 5.41 Å². The predicted molar refractivity (Wildman–Crippen MR) is 49.1 cm³/mol. The van der Waals surface area contributed by atoms with Gasteiger partial charge in [0.05, 0.1) is 12.1 Å². The van der Waals surface area contributed by atoms with Gasteiger partial charge in [-0.2, -0.15) is 0 Å². The number of H-pyrrole nitrogens is 2. The van der Waals surface area contributed by atoms with E-state index in [1.54, 1.807) is 0 Å². The van der Waals surface area contributed by atoms with E-state index in [9.17, 15) is 14.7 Å². The molecule has 0 aliphatic heterocycles. The normalized spacial score (nSPS) is 29.9. The van der Waals surface area contributed by atoms with Crippen LogP contribution in [0.2, 0.25) is 0 Å². The maximum atomic E-state index is 11.3. The Hall–Kier alpha value is -1.30. The van der Waals surface area contributed by atoms with E-state index in [0.29, 0.717) is 6.42 Å². The second kappa shape index (κ2) is 2.60. The van der Waals surface area contributed by atoms with Gasteiger partial charge in [-0.15, -0.1) is 0 Å². The summed E-state index contributed by atoms with van der Waals surface area (Å²) in [6, 6.07) is -0.222. The SMILES string of the molecule is CC1(C)C(O)CC1n1c(=O)[nH][nH]c1=O. The summed E-state index contributed by atoms with van der Waals surface area (Å²) in [6.45, 7) is 3.68. The second-order valence-corrected chi connectivity index (χ2v) is 4.32. The Bertz CT molecular complexity index is 425. The molecular formula is C8H13N3O3. The van der Waals surface area contributed by atoms with Crippen LogP contribution < -0.4 is 11.4 Å². The van der Waals surface area contributed by atoms with E-state index in [2.05, 4.69) is 10.2 Å². The fourth-order valence-electron chi connectivity index (χ4n) is 1.92. The highest BCUT2D eigenvalue weighted by Gasteiger charge is 2.49. The van der Waals surface area contributed by atoms with Crippen LogP contribution in [0.5, 0.6) is 0 Å². The third-order valence-electron chi connectivity index (χ3n) is 3.19. The number of nitrogens with zero attached hydrogens (tertiary/aromatic N) is 1. The monoisotopic (exact) mass is 199 g/mol. The van der Waals surface area contributed by atoms with Crippen molar-refractivity contribution in [1.29, 1.82) is 0 Å². The molecule has 1 aromatic rings. The van der Waals surface area contributed by atoms with Gasteiger partial charge in [0, 0.05) is 5.41 Å². The highest BCUT2D eigenvalue weighted by molar-refractivity contribution is 5.01. The molecule has 0 amide bonds. The van der Waals surface area contributed by atoms with Crippen molar-refractivity contribution in [1.82, 2.24) is 14.8 Å². The molecule has 0 aromatic carbocycles. The van der Waals surface area contributed by atoms with E-state index in [-0.39, 0.29) is 6.04 Å². The molecule has 1 fully saturated rings. The summed E-state index contributed by atoms with van der Waals surface area (Å²) >= 11 is 0. The summed E-state index contributed by atoms with van der Waals surface area (Å²) in [7, 11) is 0. The first-order valence-electron chi connectivity index (χ1n) is 4.52. The highest BCUT2D eigenvalue weighted by Crippen LogP contribution is 2.48. The van der Waals surface area contributed by atoms with Crippen LogP contribution in [0.25, 0.3) is 0 Å². The molecule has 14 heavy (non-hydrogen) atoms. The minimum absolute atomic E-state index is 0.222. The molecule has 1 aliphatic carbocycles. The molecule has 1 heterocycles. The van der Waals surface area contributed by atoms with E-state index in [4.69, 9.17) is 0 Å². The van der Waals surface area contributed by atoms with E-state index >= 15 is 0 Å². The van der Waals surface area contributed by atoms with Gasteiger partial charge in [-0.25, -0.2) is 24.4 Å². The molecule has 2 atom stereocenters. The molecule has 2 unspecified atom stereocenters. The smallest absolute Gasteiger partial charge is 0.344 e. The van der Waals surface area contributed by atoms with Crippen molar-refractivity contribution in [2.75, 3.05) is 0 Å². The molecule has 2 rings (SSSR count). The lowest BCUT2D eigenvalue weighted by atomic mass is 9.64. The summed E-state index contributed by atoms with van der Waals surface area (Å²) < 4.78 is 1.13. The lowest BCUT2D eigenvalue weighted by molar-refractivity contribution is -0.0914. The zero-order valence-corrected chi connectivity index (χ0v) is 8.07. The minimum Gasteiger partial charge on any atom is -0.392 e. The van der Waals surface area contributed by atoms with E-state index < -0.39 is 22.9 Å². The maximum absolute atomic E-state index is 11.3. The number of rotatable bonds is 1. The molecule has 0 spiro atoms. The molecule has 6 nitrogen and oxygen atoms in total. The average molecular weight is 199 g/mol. The Balaban J connectivity index is 2.44. The quantitative estimate of drug-likeness (QED) is 0.552. The molecule has 1 saturated carbocycles. The van der Waals surface area contributed by atoms with Crippen LogP contribution >= 0.6 is 0 Å². The Labute approximate surface area is 79.6 Å². The largest absolute Gasteiger partial charge is 0.392 e. The number of aromatic amines is 2. The average Bonchev–Trinajstić information content (AvgIpc) is 2.43. The molecule has 1 aliphatic rings. The molecule has 6 heteroatoms. The first-order valence-corrected chi connectivity index (χ1v) is 4.52. The fraction of sp³-hybridized carbons (Fsp3) is 0.750. The minimum atomic E-state index is -0.450. The summed E-state index contributed by atoms with van der Waals surface area (Å²) in [5, 5.41) is 13.9. The van der Waals surface area contributed by atoms with E-state index in [1.807, 2.05) is 13.8 Å². The molecule has 0 saturated heterocycles. The van der Waals surface area contributed by atoms with Gasteiger partial charge in [-0.3, -0.25) is 0 Å². The number of aliphatic hydroxyl groups is 1. The van der Waals surface area contributed by atoms with Gasteiger partial charge in [0.25, 0.3) is 0 Å². The van der Waals surface area contributed by atoms with Crippen LogP contribution in [-0.4, -0.2) is 26.0 Å². The van der Waals surface area contributed by atoms with Gasteiger partial charge in [-0.1, -0.05) is 13.8 Å². The van der Waals surface area contributed by atoms with Gasteiger partial charge < -0.3 is 5.11 Å². The zero-order valence-electron chi connectivity index (χ0n) is 8.07. The lowest BCUT2D eigenvalue weighted by Gasteiger charge is -2.48. The van der Waals surface area contributed by atoms with Crippen LogP contribution in [0.3, 0.4) is 0 Å². The number of aromatic nitrogens is 3. The van der Waals surface area contributed by atoms with Gasteiger partial charge in [0.15, 0.2) is 0 Å². The topological polar surface area (TPSA) is 90.9 Å². The molecule has 78 valence electrons. The van der Waals surface area contributed by atoms with Crippen molar-refractivity contribution in [3.8, 4) is 0 Å². The van der Waals surface area contributed by atoms with Crippen molar-refractivity contribution in [2.45, 2.75) is 32.4 Å². The number of aliphatic hydroxyl groups excluding tert-OH is 1. The Morgan fingerprint density at radius 2 is 1.86 bits per heavy atom. The third kappa shape index (κ3) is 1.00. The number of hydrogen-bond acceptors (Lipinski definition) is 3. The van der Waals surface area contributed by atoms with Crippen LogP contribution in [-0.2, 0) is 0 Å². The van der Waals surface area contributed by atoms with Gasteiger partial charge in [0.1, 0.15) is 0 Å².